The SMILES string of the molecule is COc1ccc(Cl)cc1/C(O)=C1\C(=O)C(=O)N(c2cc(C)ccc2C)C1c1cccnc1. The molecule has 1 unspecified atom stereocenters. The molecule has 4 rings (SSSR count). The molecule has 1 fully saturated rings. The fourth-order valence-electron chi connectivity index (χ4n) is 3.92. The average molecular weight is 449 g/mol. The van der Waals surface area contributed by atoms with Crippen LogP contribution in [0.15, 0.2) is 66.5 Å². The Hall–Kier alpha value is -3.64. The van der Waals surface area contributed by atoms with Crippen molar-refractivity contribution >= 4 is 34.7 Å². The molecule has 2 aromatic carbocycles. The number of carbonyl (C=O) groups is 2. The Morgan fingerprint density at radius 2 is 1.91 bits per heavy atom. The van der Waals surface area contributed by atoms with E-state index in [1.54, 1.807) is 36.7 Å². The number of anilines is 1. The van der Waals surface area contributed by atoms with Gasteiger partial charge in [-0.25, -0.2) is 0 Å². The minimum atomic E-state index is -0.868. The van der Waals surface area contributed by atoms with Crippen LogP contribution >= 0.6 is 11.6 Å². The third-order valence-electron chi connectivity index (χ3n) is 5.49. The van der Waals surface area contributed by atoms with Crippen LogP contribution in [0.1, 0.15) is 28.3 Å². The number of pyridine rings is 1. The fraction of sp³-hybridized carbons (Fsp3) is 0.160. The molecule has 0 aliphatic carbocycles. The highest BCUT2D eigenvalue weighted by Gasteiger charge is 2.47. The first-order chi connectivity index (χ1) is 15.3. The number of halogens is 1. The van der Waals surface area contributed by atoms with Crippen LogP contribution in [0.25, 0.3) is 5.76 Å². The lowest BCUT2D eigenvalue weighted by atomic mass is 9.95. The second-order valence-electron chi connectivity index (χ2n) is 7.59. The topological polar surface area (TPSA) is 79.7 Å². The molecule has 6 nitrogen and oxygen atoms in total. The van der Waals surface area contributed by atoms with Crippen LogP contribution in [0.5, 0.6) is 5.75 Å². The van der Waals surface area contributed by atoms with Gasteiger partial charge in [0.15, 0.2) is 0 Å². The highest BCUT2D eigenvalue weighted by molar-refractivity contribution is 6.51. The number of aliphatic hydroxyl groups is 1. The highest BCUT2D eigenvalue weighted by atomic mass is 35.5. The number of rotatable bonds is 4. The first-order valence-electron chi connectivity index (χ1n) is 9.95. The van der Waals surface area contributed by atoms with Crippen LogP contribution in [0.2, 0.25) is 5.02 Å². The monoisotopic (exact) mass is 448 g/mol. The zero-order valence-corrected chi connectivity index (χ0v) is 18.6. The third-order valence-corrected chi connectivity index (χ3v) is 5.72. The molecular weight excluding hydrogens is 428 g/mol. The molecule has 32 heavy (non-hydrogen) atoms. The Kier molecular flexibility index (Phi) is 5.72. The number of carbonyl (C=O) groups excluding carboxylic acids is 2. The molecular formula is C25H21ClN2O4. The number of ketones is 1. The van der Waals surface area contributed by atoms with Crippen LogP contribution in [-0.4, -0.2) is 28.9 Å². The quantitative estimate of drug-likeness (QED) is 0.345. The molecule has 0 saturated carbocycles. The number of ether oxygens (including phenoxy) is 1. The number of aromatic nitrogens is 1. The van der Waals surface area contributed by atoms with Crippen LogP contribution in [-0.2, 0) is 9.59 Å². The molecule has 1 N–H and O–H groups in total. The number of Topliss-reactive ketones (excluding diaryl/α,β-unsaturated/α-hetero) is 1. The van der Waals surface area contributed by atoms with Crippen molar-refractivity contribution < 1.29 is 19.4 Å². The van der Waals surface area contributed by atoms with Gasteiger partial charge in [0.2, 0.25) is 0 Å². The first kappa shape index (κ1) is 21.6. The molecule has 1 amide bonds. The standard InChI is InChI=1S/C25H21ClN2O4/c1-14-6-7-15(2)19(11-14)28-22(16-5-4-10-27-13-16)21(24(30)25(28)31)23(29)18-12-17(26)8-9-20(18)32-3/h4-13,22,29H,1-3H3/b23-21+. The molecule has 3 aromatic rings. The van der Waals surface area contributed by atoms with E-state index in [4.69, 9.17) is 16.3 Å². The number of aryl methyl sites for hydroxylation is 2. The smallest absolute Gasteiger partial charge is 0.300 e. The summed E-state index contributed by atoms with van der Waals surface area (Å²) >= 11 is 6.14. The van der Waals surface area contributed by atoms with Gasteiger partial charge in [-0.3, -0.25) is 19.5 Å². The zero-order chi connectivity index (χ0) is 23.0. The predicted octanol–water partition coefficient (Wildman–Crippen LogP) is 4.99. The Balaban J connectivity index is 2.01. The number of amides is 1. The van der Waals surface area contributed by atoms with E-state index in [0.29, 0.717) is 22.0 Å². The molecule has 1 atom stereocenters. The summed E-state index contributed by atoms with van der Waals surface area (Å²) in [5, 5.41) is 11.6. The molecule has 1 aliphatic rings. The van der Waals surface area contributed by atoms with Gasteiger partial charge in [0, 0.05) is 23.1 Å². The lowest BCUT2D eigenvalue weighted by Crippen LogP contribution is -2.30. The summed E-state index contributed by atoms with van der Waals surface area (Å²) in [4.78, 5) is 32.1. The summed E-state index contributed by atoms with van der Waals surface area (Å²) in [6.45, 7) is 3.78. The second kappa shape index (κ2) is 8.48. The van der Waals surface area contributed by atoms with Crippen LogP contribution in [0.4, 0.5) is 5.69 Å². The molecule has 7 heteroatoms. The van der Waals surface area contributed by atoms with Crippen molar-refractivity contribution in [1.29, 1.82) is 0 Å². The van der Waals surface area contributed by atoms with E-state index in [2.05, 4.69) is 4.98 Å². The number of hydrogen-bond donors (Lipinski definition) is 1. The van der Waals surface area contributed by atoms with E-state index in [0.717, 1.165) is 11.1 Å². The number of aliphatic hydroxyl groups excluding tert-OH is 1. The molecule has 1 aromatic heterocycles. The fourth-order valence-corrected chi connectivity index (χ4v) is 4.10. The second-order valence-corrected chi connectivity index (χ2v) is 8.03. The van der Waals surface area contributed by atoms with E-state index in [1.807, 2.05) is 32.0 Å². The Bertz CT molecular complexity index is 1250. The third kappa shape index (κ3) is 3.63. The molecule has 0 bridgehead atoms. The van der Waals surface area contributed by atoms with Gasteiger partial charge >= 0.3 is 0 Å². The number of hydrogen-bond acceptors (Lipinski definition) is 5. The summed E-state index contributed by atoms with van der Waals surface area (Å²) in [5.41, 5.74) is 3.13. The van der Waals surface area contributed by atoms with E-state index < -0.39 is 17.7 Å². The maximum absolute atomic E-state index is 13.3. The minimum Gasteiger partial charge on any atom is -0.507 e. The average Bonchev–Trinajstić information content (AvgIpc) is 3.06. The van der Waals surface area contributed by atoms with Crippen LogP contribution in [0, 0.1) is 13.8 Å². The van der Waals surface area contributed by atoms with E-state index in [-0.39, 0.29) is 16.9 Å². The van der Waals surface area contributed by atoms with Crippen LogP contribution < -0.4 is 9.64 Å². The van der Waals surface area contributed by atoms with Gasteiger partial charge in [-0.15, -0.1) is 0 Å². The van der Waals surface area contributed by atoms with Crippen molar-refractivity contribution in [1.82, 2.24) is 4.98 Å². The summed E-state index contributed by atoms with van der Waals surface area (Å²) in [6, 6.07) is 13.0. The molecule has 0 radical (unpaired) electrons. The van der Waals surface area contributed by atoms with Gasteiger partial charge in [-0.2, -0.15) is 0 Å². The van der Waals surface area contributed by atoms with Crippen molar-refractivity contribution in [2.24, 2.45) is 0 Å². The highest BCUT2D eigenvalue weighted by Crippen LogP contribution is 2.44. The number of benzene rings is 2. The van der Waals surface area contributed by atoms with E-state index in [1.165, 1.54) is 18.1 Å². The normalized spacial score (nSPS) is 17.6. The van der Waals surface area contributed by atoms with Crippen molar-refractivity contribution in [3.63, 3.8) is 0 Å². The molecule has 1 saturated heterocycles. The minimum absolute atomic E-state index is 0.0514. The summed E-state index contributed by atoms with van der Waals surface area (Å²) in [7, 11) is 1.45. The summed E-state index contributed by atoms with van der Waals surface area (Å²) in [6.07, 6.45) is 3.19. The maximum Gasteiger partial charge on any atom is 0.300 e. The Morgan fingerprint density at radius 3 is 2.59 bits per heavy atom. The Morgan fingerprint density at radius 1 is 1.12 bits per heavy atom. The van der Waals surface area contributed by atoms with E-state index in [9.17, 15) is 14.7 Å². The molecule has 2 heterocycles. The largest absolute Gasteiger partial charge is 0.507 e. The zero-order valence-electron chi connectivity index (χ0n) is 17.8. The lowest BCUT2D eigenvalue weighted by molar-refractivity contribution is -0.132. The van der Waals surface area contributed by atoms with Gasteiger partial charge in [0.05, 0.1) is 24.3 Å². The number of methoxy groups -OCH3 is 1. The van der Waals surface area contributed by atoms with Gasteiger partial charge in [0.1, 0.15) is 11.5 Å². The van der Waals surface area contributed by atoms with Crippen LogP contribution in [0.3, 0.4) is 0 Å². The van der Waals surface area contributed by atoms with Crippen molar-refractivity contribution in [2.75, 3.05) is 12.0 Å². The van der Waals surface area contributed by atoms with Gasteiger partial charge in [0.25, 0.3) is 11.7 Å². The van der Waals surface area contributed by atoms with Crippen molar-refractivity contribution in [3.8, 4) is 5.75 Å². The molecule has 1 aliphatic heterocycles. The summed E-state index contributed by atoms with van der Waals surface area (Å²) < 4.78 is 5.36. The van der Waals surface area contributed by atoms with Crippen molar-refractivity contribution in [3.05, 3.63) is 93.8 Å². The van der Waals surface area contributed by atoms with Crippen molar-refractivity contribution in [2.45, 2.75) is 19.9 Å². The van der Waals surface area contributed by atoms with Gasteiger partial charge in [-0.1, -0.05) is 29.8 Å². The maximum atomic E-state index is 13.3. The van der Waals surface area contributed by atoms with Gasteiger partial charge in [-0.05, 0) is 60.9 Å². The molecule has 0 spiro atoms. The summed E-state index contributed by atoms with van der Waals surface area (Å²) in [5.74, 6) is -1.55. The predicted molar refractivity (Wildman–Crippen MR) is 123 cm³/mol. The molecule has 162 valence electrons. The number of nitrogens with zero attached hydrogens (tertiary/aromatic N) is 2. The van der Waals surface area contributed by atoms with E-state index >= 15 is 0 Å². The Labute approximate surface area is 190 Å². The van der Waals surface area contributed by atoms with Gasteiger partial charge < -0.3 is 9.84 Å². The first-order valence-corrected chi connectivity index (χ1v) is 10.3. The lowest BCUT2D eigenvalue weighted by Gasteiger charge is -2.27.